The summed E-state index contributed by atoms with van der Waals surface area (Å²) in [6.45, 7) is 3.28. The predicted molar refractivity (Wildman–Crippen MR) is 97.6 cm³/mol. The molecular weight excluding hydrogens is 340 g/mol. The highest BCUT2D eigenvalue weighted by atomic mass is 32.2. The summed E-state index contributed by atoms with van der Waals surface area (Å²) >= 11 is 3.35. The van der Waals surface area contributed by atoms with E-state index in [4.69, 9.17) is 0 Å². The van der Waals surface area contributed by atoms with Crippen molar-refractivity contribution in [2.45, 2.75) is 24.5 Å². The number of amides is 1. The number of anilines is 1. The van der Waals surface area contributed by atoms with Crippen LogP contribution in [0, 0.1) is 5.92 Å². The van der Waals surface area contributed by atoms with E-state index in [1.54, 1.807) is 18.0 Å². The van der Waals surface area contributed by atoms with Crippen LogP contribution in [-0.4, -0.2) is 46.7 Å². The quantitative estimate of drug-likeness (QED) is 0.622. The van der Waals surface area contributed by atoms with Gasteiger partial charge in [0.15, 0.2) is 5.16 Å². The number of hydrogen-bond donors (Lipinski definition) is 0. The van der Waals surface area contributed by atoms with Gasteiger partial charge in [-0.2, -0.15) is 0 Å². The van der Waals surface area contributed by atoms with E-state index in [-0.39, 0.29) is 5.92 Å². The highest BCUT2D eigenvalue weighted by Crippen LogP contribution is 2.28. The molecule has 7 heteroatoms. The number of rotatable bonds is 3. The van der Waals surface area contributed by atoms with Crippen LogP contribution >= 0.6 is 23.1 Å². The highest BCUT2D eigenvalue weighted by molar-refractivity contribution is 7.98. The number of aromatic nitrogens is 2. The zero-order valence-electron chi connectivity index (χ0n) is 13.6. The number of fused-ring (bicyclic) bond motifs is 1. The molecule has 0 spiro atoms. The molecule has 1 fully saturated rings. The van der Waals surface area contributed by atoms with E-state index in [2.05, 4.69) is 26.3 Å². The van der Waals surface area contributed by atoms with Gasteiger partial charge in [0.1, 0.15) is 5.82 Å². The SMILES string of the molecule is CSc1nccc(N2CCC(C(=O)N3CCc4sccc4C3)C2)n1. The van der Waals surface area contributed by atoms with Gasteiger partial charge in [0.2, 0.25) is 5.91 Å². The lowest BCUT2D eigenvalue weighted by Gasteiger charge is -2.29. The van der Waals surface area contributed by atoms with Crippen LogP contribution in [0.5, 0.6) is 0 Å². The third-order valence-corrected chi connectivity index (χ3v) is 6.37. The van der Waals surface area contributed by atoms with Crippen molar-refractivity contribution in [3.05, 3.63) is 34.2 Å². The van der Waals surface area contributed by atoms with Gasteiger partial charge in [-0.1, -0.05) is 11.8 Å². The lowest BCUT2D eigenvalue weighted by molar-refractivity contribution is -0.135. The molecule has 4 heterocycles. The van der Waals surface area contributed by atoms with Crippen LogP contribution in [0.2, 0.25) is 0 Å². The Balaban J connectivity index is 1.42. The first-order valence-electron chi connectivity index (χ1n) is 8.20. The molecule has 4 rings (SSSR count). The summed E-state index contributed by atoms with van der Waals surface area (Å²) in [6.07, 6.45) is 5.68. The van der Waals surface area contributed by atoms with E-state index in [1.165, 1.54) is 10.4 Å². The summed E-state index contributed by atoms with van der Waals surface area (Å²) in [6, 6.07) is 4.09. The number of carbonyl (C=O) groups excluding carboxylic acids is 1. The lowest BCUT2D eigenvalue weighted by Crippen LogP contribution is -2.40. The van der Waals surface area contributed by atoms with Crippen LogP contribution in [-0.2, 0) is 17.8 Å². The van der Waals surface area contributed by atoms with Crippen molar-refractivity contribution < 1.29 is 4.79 Å². The Morgan fingerprint density at radius 3 is 3.17 bits per heavy atom. The molecule has 2 aliphatic heterocycles. The fraction of sp³-hybridized carbons (Fsp3) is 0.471. The molecule has 0 saturated carbocycles. The average Bonchev–Trinajstić information content (AvgIpc) is 3.29. The lowest BCUT2D eigenvalue weighted by atomic mass is 10.0. The van der Waals surface area contributed by atoms with Crippen LogP contribution in [0.1, 0.15) is 16.9 Å². The maximum Gasteiger partial charge on any atom is 0.227 e. The van der Waals surface area contributed by atoms with Crippen LogP contribution in [0.25, 0.3) is 0 Å². The van der Waals surface area contributed by atoms with Crippen LogP contribution in [0.15, 0.2) is 28.9 Å². The topological polar surface area (TPSA) is 49.3 Å². The number of thioether (sulfide) groups is 1. The number of carbonyl (C=O) groups is 1. The maximum atomic E-state index is 12.9. The van der Waals surface area contributed by atoms with Crippen molar-refractivity contribution in [1.82, 2.24) is 14.9 Å². The second-order valence-corrected chi connectivity index (χ2v) is 7.99. The smallest absolute Gasteiger partial charge is 0.227 e. The monoisotopic (exact) mass is 360 g/mol. The average molecular weight is 361 g/mol. The van der Waals surface area contributed by atoms with E-state index in [0.29, 0.717) is 5.91 Å². The number of thiophene rings is 1. The van der Waals surface area contributed by atoms with Gasteiger partial charge in [0.25, 0.3) is 0 Å². The molecule has 1 amide bonds. The molecule has 0 aromatic carbocycles. The number of hydrogen-bond acceptors (Lipinski definition) is 6. The summed E-state index contributed by atoms with van der Waals surface area (Å²) in [5.41, 5.74) is 1.33. The van der Waals surface area contributed by atoms with Crippen LogP contribution in [0.3, 0.4) is 0 Å². The molecule has 0 radical (unpaired) electrons. The molecule has 2 aliphatic rings. The molecule has 126 valence electrons. The summed E-state index contributed by atoms with van der Waals surface area (Å²) < 4.78 is 0. The van der Waals surface area contributed by atoms with E-state index >= 15 is 0 Å². The van der Waals surface area contributed by atoms with Crippen molar-refractivity contribution in [2.75, 3.05) is 30.8 Å². The minimum atomic E-state index is 0.0814. The maximum absolute atomic E-state index is 12.9. The molecule has 1 saturated heterocycles. The first-order chi connectivity index (χ1) is 11.7. The molecule has 2 aromatic rings. The van der Waals surface area contributed by atoms with Crippen molar-refractivity contribution in [3.63, 3.8) is 0 Å². The molecule has 1 atom stereocenters. The fourth-order valence-electron chi connectivity index (χ4n) is 3.47. The Labute approximate surface area is 150 Å². The van der Waals surface area contributed by atoms with Crippen LogP contribution in [0.4, 0.5) is 5.82 Å². The first-order valence-corrected chi connectivity index (χ1v) is 10.3. The van der Waals surface area contributed by atoms with Gasteiger partial charge in [-0.15, -0.1) is 11.3 Å². The third kappa shape index (κ3) is 3.02. The normalized spacial score (nSPS) is 20.3. The zero-order chi connectivity index (χ0) is 16.5. The summed E-state index contributed by atoms with van der Waals surface area (Å²) in [7, 11) is 0. The molecule has 0 N–H and O–H groups in total. The van der Waals surface area contributed by atoms with Gasteiger partial charge < -0.3 is 9.80 Å². The van der Waals surface area contributed by atoms with E-state index in [1.807, 2.05) is 28.6 Å². The van der Waals surface area contributed by atoms with Crippen LogP contribution < -0.4 is 4.90 Å². The van der Waals surface area contributed by atoms with Gasteiger partial charge >= 0.3 is 0 Å². The van der Waals surface area contributed by atoms with E-state index in [9.17, 15) is 4.79 Å². The fourth-order valence-corrected chi connectivity index (χ4v) is 4.71. The second kappa shape index (κ2) is 6.72. The Hall–Kier alpha value is -1.60. The minimum Gasteiger partial charge on any atom is -0.356 e. The highest BCUT2D eigenvalue weighted by Gasteiger charge is 2.33. The van der Waals surface area contributed by atoms with Gasteiger partial charge in [0.05, 0.1) is 5.92 Å². The second-order valence-electron chi connectivity index (χ2n) is 6.21. The first kappa shape index (κ1) is 15.9. The van der Waals surface area contributed by atoms with Gasteiger partial charge in [-0.05, 0) is 42.2 Å². The summed E-state index contributed by atoms with van der Waals surface area (Å²) in [5, 5.41) is 2.91. The zero-order valence-corrected chi connectivity index (χ0v) is 15.3. The van der Waals surface area contributed by atoms with Crippen molar-refractivity contribution in [3.8, 4) is 0 Å². The Bertz CT molecular complexity index is 748. The molecular formula is C17H20N4OS2. The summed E-state index contributed by atoms with van der Waals surface area (Å²) in [5.74, 6) is 1.31. The molecule has 0 aliphatic carbocycles. The van der Waals surface area contributed by atoms with E-state index < -0.39 is 0 Å². The molecule has 24 heavy (non-hydrogen) atoms. The van der Waals surface area contributed by atoms with Gasteiger partial charge in [0, 0.05) is 37.3 Å². The van der Waals surface area contributed by atoms with Gasteiger partial charge in [-0.3, -0.25) is 4.79 Å². The summed E-state index contributed by atoms with van der Waals surface area (Å²) in [4.78, 5) is 27.4. The third-order valence-electron chi connectivity index (χ3n) is 4.78. The Kier molecular flexibility index (Phi) is 4.45. The number of nitrogens with zero attached hydrogens (tertiary/aromatic N) is 4. The van der Waals surface area contributed by atoms with Gasteiger partial charge in [-0.25, -0.2) is 9.97 Å². The predicted octanol–water partition coefficient (Wildman–Crippen LogP) is 2.67. The minimum absolute atomic E-state index is 0.0814. The molecule has 5 nitrogen and oxygen atoms in total. The molecule has 0 bridgehead atoms. The Morgan fingerprint density at radius 1 is 1.38 bits per heavy atom. The van der Waals surface area contributed by atoms with E-state index in [0.717, 1.165) is 50.0 Å². The van der Waals surface area contributed by atoms with Crippen molar-refractivity contribution >= 4 is 34.8 Å². The standard InChI is InChI=1S/C17H20N4OS2/c1-23-17-18-6-2-15(19-17)20-7-3-13(11-20)16(22)21-8-4-14-12(10-21)5-9-24-14/h2,5-6,9,13H,3-4,7-8,10-11H2,1H3. The Morgan fingerprint density at radius 2 is 2.29 bits per heavy atom. The van der Waals surface area contributed by atoms with Crippen molar-refractivity contribution in [1.29, 1.82) is 0 Å². The molecule has 1 unspecified atom stereocenters. The largest absolute Gasteiger partial charge is 0.356 e. The molecule has 2 aromatic heterocycles. The van der Waals surface area contributed by atoms with Crippen molar-refractivity contribution in [2.24, 2.45) is 5.92 Å².